The summed E-state index contributed by atoms with van der Waals surface area (Å²) in [6.07, 6.45) is 1.94. The number of nitrogens with one attached hydrogen (secondary N) is 3. The summed E-state index contributed by atoms with van der Waals surface area (Å²) in [4.78, 5) is 14.5. The number of methoxy groups -OCH3 is 1. The van der Waals surface area contributed by atoms with Crippen molar-refractivity contribution in [1.82, 2.24) is 5.32 Å². The molecule has 1 fully saturated rings. The minimum atomic E-state index is -4.02. The Morgan fingerprint density at radius 1 is 1.03 bits per heavy atom. The number of sulfonamides is 1. The van der Waals surface area contributed by atoms with Crippen LogP contribution < -0.4 is 25.0 Å². The molecule has 36 heavy (non-hydrogen) atoms. The maximum absolute atomic E-state index is 13.5. The molecule has 3 N–H and O–H groups in total. The van der Waals surface area contributed by atoms with Crippen molar-refractivity contribution < 1.29 is 22.3 Å². The lowest BCUT2D eigenvalue weighted by Crippen LogP contribution is -2.34. The van der Waals surface area contributed by atoms with E-state index in [1.54, 1.807) is 36.4 Å². The number of thiocarbonyl (C=S) groups is 1. The Bertz CT molecular complexity index is 1380. The molecule has 1 aliphatic rings. The summed E-state index contributed by atoms with van der Waals surface area (Å²) in [5, 5.41) is 5.35. The van der Waals surface area contributed by atoms with Crippen LogP contribution in [0.2, 0.25) is 0 Å². The van der Waals surface area contributed by atoms with Gasteiger partial charge in [0.2, 0.25) is 0 Å². The van der Waals surface area contributed by atoms with E-state index in [0.29, 0.717) is 22.8 Å². The molecule has 0 bridgehead atoms. The Morgan fingerprint density at radius 3 is 2.42 bits per heavy atom. The van der Waals surface area contributed by atoms with E-state index in [9.17, 15) is 17.6 Å². The topological polar surface area (TPSA) is 99.8 Å². The lowest BCUT2D eigenvalue weighted by atomic mass is 10.2. The Labute approximate surface area is 214 Å². The van der Waals surface area contributed by atoms with Crippen LogP contribution in [0.1, 0.15) is 23.2 Å². The van der Waals surface area contributed by atoms with Crippen LogP contribution in [0, 0.1) is 5.82 Å². The standard InChI is InChI=1S/C25H25FN4O4S2/c1-34-22-7-3-2-6-20(22)29-36(32,33)23-16-19(12-13-21(23)30-14-4-5-15-30)27-25(35)28-24(31)17-8-10-18(26)11-9-17/h2-3,6-13,16,29H,4-5,14-15H2,1H3,(H2,27,28,31,35). The van der Waals surface area contributed by atoms with Crippen LogP contribution in [0.15, 0.2) is 71.6 Å². The number of para-hydroxylation sites is 2. The molecule has 0 aromatic heterocycles. The van der Waals surface area contributed by atoms with Gasteiger partial charge in [-0.2, -0.15) is 0 Å². The van der Waals surface area contributed by atoms with Crippen LogP contribution in [0.3, 0.4) is 0 Å². The summed E-state index contributed by atoms with van der Waals surface area (Å²) in [6.45, 7) is 1.49. The third-order valence-corrected chi connectivity index (χ3v) is 7.24. The highest BCUT2D eigenvalue weighted by Crippen LogP contribution is 2.34. The van der Waals surface area contributed by atoms with Gasteiger partial charge in [0.25, 0.3) is 15.9 Å². The van der Waals surface area contributed by atoms with Crippen LogP contribution in [0.4, 0.5) is 21.5 Å². The summed E-state index contributed by atoms with van der Waals surface area (Å²) in [5.41, 5.74) is 1.49. The zero-order chi connectivity index (χ0) is 25.7. The van der Waals surface area contributed by atoms with Crippen molar-refractivity contribution in [3.05, 3.63) is 78.1 Å². The molecule has 4 rings (SSSR count). The number of benzene rings is 3. The van der Waals surface area contributed by atoms with E-state index in [0.717, 1.165) is 25.9 Å². The van der Waals surface area contributed by atoms with Crippen LogP contribution >= 0.6 is 12.2 Å². The number of hydrogen-bond acceptors (Lipinski definition) is 6. The number of hydrogen-bond donors (Lipinski definition) is 3. The van der Waals surface area contributed by atoms with Crippen molar-refractivity contribution in [3.63, 3.8) is 0 Å². The van der Waals surface area contributed by atoms with Crippen molar-refractivity contribution in [3.8, 4) is 5.75 Å². The van der Waals surface area contributed by atoms with Crippen molar-refractivity contribution in [1.29, 1.82) is 0 Å². The van der Waals surface area contributed by atoms with E-state index in [-0.39, 0.29) is 15.6 Å². The second kappa shape index (κ2) is 10.9. The van der Waals surface area contributed by atoms with Gasteiger partial charge < -0.3 is 15.0 Å². The minimum absolute atomic E-state index is 0.0284. The first-order chi connectivity index (χ1) is 17.3. The summed E-state index contributed by atoms with van der Waals surface area (Å²) in [6, 6.07) is 16.7. The number of carbonyl (C=O) groups excluding carboxylic acids is 1. The number of rotatable bonds is 7. The molecular weight excluding hydrogens is 503 g/mol. The maximum atomic E-state index is 13.5. The normalized spacial score (nSPS) is 13.2. The fourth-order valence-corrected chi connectivity index (χ4v) is 5.43. The van der Waals surface area contributed by atoms with Crippen LogP contribution in [0.5, 0.6) is 5.75 Å². The van der Waals surface area contributed by atoms with Gasteiger partial charge in [-0.15, -0.1) is 0 Å². The average Bonchev–Trinajstić information content (AvgIpc) is 3.39. The predicted molar refractivity (Wildman–Crippen MR) is 142 cm³/mol. The Hall–Kier alpha value is -3.70. The van der Waals surface area contributed by atoms with E-state index in [4.69, 9.17) is 17.0 Å². The number of nitrogens with zero attached hydrogens (tertiary/aromatic N) is 1. The minimum Gasteiger partial charge on any atom is -0.495 e. The lowest BCUT2D eigenvalue weighted by Gasteiger charge is -2.23. The van der Waals surface area contributed by atoms with Gasteiger partial charge in [0.05, 0.1) is 18.5 Å². The molecular formula is C25H25FN4O4S2. The zero-order valence-corrected chi connectivity index (χ0v) is 21.1. The molecule has 11 heteroatoms. The molecule has 188 valence electrons. The van der Waals surface area contributed by atoms with E-state index >= 15 is 0 Å². The summed E-state index contributed by atoms with van der Waals surface area (Å²) in [7, 11) is -2.55. The van der Waals surface area contributed by atoms with Crippen LogP contribution in [0.25, 0.3) is 0 Å². The second-order valence-electron chi connectivity index (χ2n) is 8.10. The largest absolute Gasteiger partial charge is 0.495 e. The molecule has 0 radical (unpaired) electrons. The number of carbonyl (C=O) groups is 1. The predicted octanol–water partition coefficient (Wildman–Crippen LogP) is 4.36. The average molecular weight is 529 g/mol. The maximum Gasteiger partial charge on any atom is 0.264 e. The van der Waals surface area contributed by atoms with Gasteiger partial charge in [-0.05, 0) is 79.7 Å². The van der Waals surface area contributed by atoms with Gasteiger partial charge in [-0.3, -0.25) is 14.8 Å². The van der Waals surface area contributed by atoms with E-state index in [1.165, 1.54) is 37.4 Å². The molecule has 1 saturated heterocycles. The molecule has 0 spiro atoms. The fraction of sp³-hybridized carbons (Fsp3) is 0.200. The van der Waals surface area contributed by atoms with Crippen molar-refractivity contribution in [2.45, 2.75) is 17.7 Å². The smallest absolute Gasteiger partial charge is 0.264 e. The van der Waals surface area contributed by atoms with Crippen molar-refractivity contribution in [2.24, 2.45) is 0 Å². The number of anilines is 3. The third kappa shape index (κ3) is 5.92. The monoisotopic (exact) mass is 528 g/mol. The molecule has 1 amide bonds. The summed E-state index contributed by atoms with van der Waals surface area (Å²) < 4.78 is 48.1. The second-order valence-corrected chi connectivity index (χ2v) is 10.2. The van der Waals surface area contributed by atoms with Crippen molar-refractivity contribution in [2.75, 3.05) is 35.1 Å². The van der Waals surface area contributed by atoms with Gasteiger partial charge in [-0.1, -0.05) is 12.1 Å². The molecule has 3 aromatic rings. The van der Waals surface area contributed by atoms with Crippen molar-refractivity contribution >= 4 is 50.3 Å². The molecule has 1 heterocycles. The van der Waals surface area contributed by atoms with Gasteiger partial charge in [0.1, 0.15) is 16.5 Å². The molecule has 3 aromatic carbocycles. The SMILES string of the molecule is COc1ccccc1NS(=O)(=O)c1cc(NC(=S)NC(=O)c2ccc(F)cc2)ccc1N1CCCC1. The molecule has 0 saturated carbocycles. The highest BCUT2D eigenvalue weighted by Gasteiger charge is 2.25. The van der Waals surface area contributed by atoms with E-state index in [2.05, 4.69) is 15.4 Å². The molecule has 0 unspecified atom stereocenters. The summed E-state index contributed by atoms with van der Waals surface area (Å²) >= 11 is 5.24. The molecule has 8 nitrogen and oxygen atoms in total. The first-order valence-corrected chi connectivity index (χ1v) is 13.1. The highest BCUT2D eigenvalue weighted by atomic mass is 32.2. The lowest BCUT2D eigenvalue weighted by molar-refractivity contribution is 0.0977. The fourth-order valence-electron chi connectivity index (χ4n) is 3.89. The van der Waals surface area contributed by atoms with E-state index < -0.39 is 21.7 Å². The third-order valence-electron chi connectivity index (χ3n) is 5.64. The quantitative estimate of drug-likeness (QED) is 0.392. The van der Waals surface area contributed by atoms with Crippen LogP contribution in [-0.2, 0) is 10.0 Å². The first-order valence-electron chi connectivity index (χ1n) is 11.2. The van der Waals surface area contributed by atoms with Gasteiger partial charge in [-0.25, -0.2) is 12.8 Å². The molecule has 1 aliphatic heterocycles. The zero-order valence-electron chi connectivity index (χ0n) is 19.5. The van der Waals surface area contributed by atoms with Gasteiger partial charge >= 0.3 is 0 Å². The Balaban J connectivity index is 1.59. The Kier molecular flexibility index (Phi) is 7.70. The van der Waals surface area contributed by atoms with Gasteiger partial charge in [0.15, 0.2) is 5.11 Å². The highest BCUT2D eigenvalue weighted by molar-refractivity contribution is 7.93. The van der Waals surface area contributed by atoms with Gasteiger partial charge in [0, 0.05) is 24.3 Å². The molecule has 0 atom stereocenters. The van der Waals surface area contributed by atoms with E-state index in [1.807, 2.05) is 4.90 Å². The molecule has 0 aliphatic carbocycles. The Morgan fingerprint density at radius 2 is 1.72 bits per heavy atom. The first kappa shape index (κ1) is 25.4. The number of amides is 1. The summed E-state index contributed by atoms with van der Waals surface area (Å²) in [5.74, 6) is -0.588. The number of ether oxygens (including phenoxy) is 1. The van der Waals surface area contributed by atoms with Crippen LogP contribution in [-0.4, -0.2) is 39.6 Å². The number of halogens is 1.